The highest BCUT2D eigenvalue weighted by atomic mass is 16.3. The van der Waals surface area contributed by atoms with Gasteiger partial charge in [-0.05, 0) is 68.2 Å². The molecule has 34 heavy (non-hydrogen) atoms. The van der Waals surface area contributed by atoms with E-state index in [1.54, 1.807) is 23.1 Å². The fourth-order valence-electron chi connectivity index (χ4n) is 4.76. The Morgan fingerprint density at radius 1 is 1.03 bits per heavy atom. The number of fused-ring (bicyclic) bond motifs is 1. The molecule has 0 atom stereocenters. The lowest BCUT2D eigenvalue weighted by Crippen LogP contribution is -2.29. The molecule has 0 aliphatic carbocycles. The summed E-state index contributed by atoms with van der Waals surface area (Å²) in [5, 5.41) is 16.0. The molecular formula is C27H29N5O2. The van der Waals surface area contributed by atoms with Crippen LogP contribution >= 0.6 is 0 Å². The Bertz CT molecular complexity index is 1340. The number of rotatable bonds is 6. The molecule has 0 amide bonds. The average molecular weight is 456 g/mol. The first-order chi connectivity index (χ1) is 16.5. The summed E-state index contributed by atoms with van der Waals surface area (Å²) in [5.41, 5.74) is 5.10. The van der Waals surface area contributed by atoms with Crippen molar-refractivity contribution in [2.24, 2.45) is 7.05 Å². The van der Waals surface area contributed by atoms with Crippen LogP contribution in [0.4, 0.5) is 0 Å². The number of aromatic nitrogens is 4. The quantitative estimate of drug-likeness (QED) is 0.446. The Balaban J connectivity index is 1.37. The molecule has 7 nitrogen and oxygen atoms in total. The van der Waals surface area contributed by atoms with Crippen LogP contribution in [0.1, 0.15) is 46.2 Å². The van der Waals surface area contributed by atoms with Crippen molar-refractivity contribution in [1.82, 2.24) is 24.6 Å². The highest BCUT2D eigenvalue weighted by Gasteiger charge is 2.20. The van der Waals surface area contributed by atoms with Gasteiger partial charge in [0.15, 0.2) is 5.78 Å². The maximum absolute atomic E-state index is 13.1. The number of hydrogen-bond acceptors (Lipinski definition) is 6. The predicted octanol–water partition coefficient (Wildman–Crippen LogP) is 3.76. The zero-order chi connectivity index (χ0) is 23.7. The Labute approximate surface area is 199 Å². The SMILES string of the molecule is CN1CCC(c2cc(C(=O)Cc3cc4cc(-c5cnn(C)c5CO)ccc4cn3)ccn2)CC1. The van der Waals surface area contributed by atoms with Gasteiger partial charge >= 0.3 is 0 Å². The molecule has 1 fully saturated rings. The topological polar surface area (TPSA) is 84.1 Å². The van der Waals surface area contributed by atoms with Crippen LogP contribution in [-0.4, -0.2) is 55.7 Å². The number of hydrogen-bond donors (Lipinski definition) is 1. The summed E-state index contributed by atoms with van der Waals surface area (Å²) in [6.07, 6.45) is 7.73. The second kappa shape index (κ2) is 9.44. The predicted molar refractivity (Wildman–Crippen MR) is 132 cm³/mol. The lowest BCUT2D eigenvalue weighted by Gasteiger charge is -2.28. The Morgan fingerprint density at radius 3 is 2.65 bits per heavy atom. The standard InChI is InChI=1S/C27H29N5O2/c1-31-9-6-18(7-10-31)25-13-20(5-8-28-25)27(34)14-23-12-22-11-19(3-4-21(22)15-29-23)24-16-30-32(2)26(24)17-33/h3-5,8,11-13,15-16,18,33H,6-7,9-10,14,17H2,1-2H3. The van der Waals surface area contributed by atoms with E-state index in [-0.39, 0.29) is 18.8 Å². The first-order valence-electron chi connectivity index (χ1n) is 11.7. The second-order valence-corrected chi connectivity index (χ2v) is 9.17. The molecule has 0 bridgehead atoms. The number of piperidine rings is 1. The van der Waals surface area contributed by atoms with E-state index in [0.717, 1.165) is 64.9 Å². The molecule has 7 heteroatoms. The monoisotopic (exact) mass is 455 g/mol. The molecule has 0 saturated carbocycles. The molecule has 1 N–H and O–H groups in total. The van der Waals surface area contributed by atoms with Gasteiger partial charge in [0.05, 0.1) is 24.9 Å². The molecule has 3 aromatic heterocycles. The minimum Gasteiger partial charge on any atom is -0.390 e. The van der Waals surface area contributed by atoms with Crippen LogP contribution in [0.25, 0.3) is 21.9 Å². The van der Waals surface area contributed by atoms with Crippen molar-refractivity contribution < 1.29 is 9.90 Å². The molecule has 1 saturated heterocycles. The van der Waals surface area contributed by atoms with E-state index in [2.05, 4.69) is 33.1 Å². The van der Waals surface area contributed by atoms with Gasteiger partial charge in [-0.15, -0.1) is 0 Å². The average Bonchev–Trinajstić information content (AvgIpc) is 3.24. The van der Waals surface area contributed by atoms with Crippen molar-refractivity contribution in [3.8, 4) is 11.1 Å². The van der Waals surface area contributed by atoms with Crippen molar-refractivity contribution in [1.29, 1.82) is 0 Å². The van der Waals surface area contributed by atoms with Crippen LogP contribution in [-0.2, 0) is 20.1 Å². The number of ketones is 1. The fraction of sp³-hybridized carbons (Fsp3) is 0.333. The number of likely N-dealkylation sites (tertiary alicyclic amines) is 1. The fourth-order valence-corrected chi connectivity index (χ4v) is 4.76. The normalized spacial score (nSPS) is 15.1. The number of pyridine rings is 2. The molecule has 0 radical (unpaired) electrons. The van der Waals surface area contributed by atoms with E-state index in [4.69, 9.17) is 0 Å². The first kappa shape index (κ1) is 22.4. The Morgan fingerprint density at radius 2 is 1.85 bits per heavy atom. The van der Waals surface area contributed by atoms with E-state index in [9.17, 15) is 9.90 Å². The molecule has 1 aliphatic heterocycles. The number of aliphatic hydroxyl groups excluding tert-OH is 1. The minimum atomic E-state index is -0.0779. The molecule has 4 aromatic rings. The summed E-state index contributed by atoms with van der Waals surface area (Å²) in [6.45, 7) is 2.05. The van der Waals surface area contributed by atoms with E-state index in [0.29, 0.717) is 11.5 Å². The molecule has 0 spiro atoms. The van der Waals surface area contributed by atoms with Gasteiger partial charge in [0, 0.05) is 53.3 Å². The van der Waals surface area contributed by atoms with Crippen molar-refractivity contribution in [3.63, 3.8) is 0 Å². The number of aryl methyl sites for hydroxylation is 1. The van der Waals surface area contributed by atoms with Gasteiger partial charge in [0.1, 0.15) is 0 Å². The zero-order valence-electron chi connectivity index (χ0n) is 19.6. The molecule has 0 unspecified atom stereocenters. The third kappa shape index (κ3) is 4.49. The van der Waals surface area contributed by atoms with Crippen LogP contribution in [0.2, 0.25) is 0 Å². The van der Waals surface area contributed by atoms with E-state index in [1.165, 1.54) is 0 Å². The molecule has 1 aliphatic rings. The summed E-state index contributed by atoms with van der Waals surface area (Å²) in [5.74, 6) is 0.465. The second-order valence-electron chi connectivity index (χ2n) is 9.17. The lowest BCUT2D eigenvalue weighted by molar-refractivity contribution is 0.0991. The summed E-state index contributed by atoms with van der Waals surface area (Å²) in [4.78, 5) is 24.5. The van der Waals surface area contributed by atoms with Crippen molar-refractivity contribution >= 4 is 16.6 Å². The van der Waals surface area contributed by atoms with Crippen LogP contribution in [0, 0.1) is 0 Å². The van der Waals surface area contributed by atoms with Crippen LogP contribution < -0.4 is 0 Å². The summed E-state index contributed by atoms with van der Waals surface area (Å²) in [6, 6.07) is 11.8. The largest absolute Gasteiger partial charge is 0.390 e. The first-order valence-corrected chi connectivity index (χ1v) is 11.7. The zero-order valence-corrected chi connectivity index (χ0v) is 19.6. The molecular weight excluding hydrogens is 426 g/mol. The summed E-state index contributed by atoms with van der Waals surface area (Å²) < 4.78 is 1.69. The smallest absolute Gasteiger partial charge is 0.168 e. The maximum Gasteiger partial charge on any atom is 0.168 e. The van der Waals surface area contributed by atoms with Gasteiger partial charge in [-0.3, -0.25) is 19.4 Å². The Hall–Kier alpha value is -3.42. The summed E-state index contributed by atoms with van der Waals surface area (Å²) in [7, 11) is 3.96. The van der Waals surface area contributed by atoms with Crippen molar-refractivity contribution in [2.45, 2.75) is 31.8 Å². The van der Waals surface area contributed by atoms with Crippen molar-refractivity contribution in [3.05, 3.63) is 77.6 Å². The maximum atomic E-state index is 13.1. The van der Waals surface area contributed by atoms with Gasteiger partial charge in [0.2, 0.25) is 0 Å². The molecule has 4 heterocycles. The highest BCUT2D eigenvalue weighted by Crippen LogP contribution is 2.28. The number of nitrogens with zero attached hydrogens (tertiary/aromatic N) is 5. The number of benzene rings is 1. The van der Waals surface area contributed by atoms with Gasteiger partial charge < -0.3 is 10.0 Å². The van der Waals surface area contributed by atoms with Gasteiger partial charge in [-0.1, -0.05) is 12.1 Å². The van der Waals surface area contributed by atoms with Gasteiger partial charge in [-0.2, -0.15) is 5.10 Å². The third-order valence-electron chi connectivity index (χ3n) is 6.88. The molecule has 1 aromatic carbocycles. The van der Waals surface area contributed by atoms with Gasteiger partial charge in [-0.25, -0.2) is 0 Å². The molecule has 5 rings (SSSR count). The lowest BCUT2D eigenvalue weighted by atomic mass is 9.92. The van der Waals surface area contributed by atoms with Crippen LogP contribution in [0.3, 0.4) is 0 Å². The van der Waals surface area contributed by atoms with Gasteiger partial charge in [0.25, 0.3) is 0 Å². The van der Waals surface area contributed by atoms with E-state index in [1.807, 2.05) is 37.5 Å². The number of Topliss-reactive ketones (excluding diaryl/α,β-unsaturated/α-hetero) is 1. The van der Waals surface area contributed by atoms with Crippen molar-refractivity contribution in [2.75, 3.05) is 20.1 Å². The minimum absolute atomic E-state index is 0.0504. The highest BCUT2D eigenvalue weighted by molar-refractivity contribution is 5.98. The number of carbonyl (C=O) groups excluding carboxylic acids is 1. The van der Waals surface area contributed by atoms with Crippen LogP contribution in [0.5, 0.6) is 0 Å². The number of carbonyl (C=O) groups is 1. The third-order valence-corrected chi connectivity index (χ3v) is 6.88. The number of aliphatic hydroxyl groups is 1. The summed E-state index contributed by atoms with van der Waals surface area (Å²) >= 11 is 0. The molecule has 174 valence electrons. The Kier molecular flexibility index (Phi) is 6.22. The van der Waals surface area contributed by atoms with E-state index < -0.39 is 0 Å². The van der Waals surface area contributed by atoms with E-state index >= 15 is 0 Å². The van der Waals surface area contributed by atoms with Crippen LogP contribution in [0.15, 0.2) is 55.0 Å².